The Hall–Kier alpha value is -0.940. The van der Waals surface area contributed by atoms with Crippen LogP contribution >= 0.6 is 22.9 Å². The summed E-state index contributed by atoms with van der Waals surface area (Å²) in [6, 6.07) is 0. The van der Waals surface area contributed by atoms with Crippen molar-refractivity contribution in [2.75, 3.05) is 0 Å². The monoisotopic (exact) mass is 197 g/mol. The molecule has 5 heteroatoms. The molecule has 2 heterocycles. The van der Waals surface area contributed by atoms with E-state index in [0.29, 0.717) is 12.4 Å². The third-order valence-corrected chi connectivity index (χ3v) is 2.47. The van der Waals surface area contributed by atoms with Crippen molar-refractivity contribution in [1.29, 1.82) is 0 Å². The van der Waals surface area contributed by atoms with Crippen molar-refractivity contribution in [2.45, 2.75) is 6.61 Å². The minimum Gasteiger partial charge on any atom is -0.483 e. The van der Waals surface area contributed by atoms with Crippen LogP contribution in [0.25, 0.3) is 0 Å². The summed E-state index contributed by atoms with van der Waals surface area (Å²) in [6.45, 7) is 0.507. The standard InChI is InChI=1S/C7H5N2OS2/c1-2-11-7(8-1)4-10-6-3-9-12-5-6/h1-2,5H,4H2. The first kappa shape index (κ1) is 7.70. The molecule has 0 fully saturated rings. The van der Waals surface area contributed by atoms with Gasteiger partial charge >= 0.3 is 0 Å². The molecule has 0 aliphatic carbocycles. The van der Waals surface area contributed by atoms with Crippen LogP contribution in [0.15, 0.2) is 17.0 Å². The van der Waals surface area contributed by atoms with E-state index in [4.69, 9.17) is 4.74 Å². The van der Waals surface area contributed by atoms with E-state index < -0.39 is 0 Å². The molecule has 2 aromatic heterocycles. The molecular formula is C7H5N2OS2. The van der Waals surface area contributed by atoms with Crippen LogP contribution in [0.3, 0.4) is 0 Å². The van der Waals surface area contributed by atoms with Gasteiger partial charge in [-0.25, -0.2) is 4.98 Å². The average molecular weight is 197 g/mol. The Kier molecular flexibility index (Phi) is 2.33. The highest BCUT2D eigenvalue weighted by Crippen LogP contribution is 2.13. The van der Waals surface area contributed by atoms with Gasteiger partial charge in [0.05, 0.1) is 5.38 Å². The molecule has 2 rings (SSSR count). The molecule has 0 aromatic carbocycles. The third-order valence-electron chi connectivity index (χ3n) is 1.20. The average Bonchev–Trinajstić information content (AvgIpc) is 2.74. The Labute approximate surface area is 77.8 Å². The molecular weight excluding hydrogens is 192 g/mol. The highest BCUT2D eigenvalue weighted by atomic mass is 32.1. The van der Waals surface area contributed by atoms with Crippen molar-refractivity contribution >= 4 is 22.9 Å². The summed E-state index contributed by atoms with van der Waals surface area (Å²) in [7, 11) is 0. The lowest BCUT2D eigenvalue weighted by molar-refractivity contribution is 0.305. The molecule has 0 unspecified atom stereocenters. The minimum atomic E-state index is 0.507. The SMILES string of the molecule is [c]1nscc1OCc1nccs1. The highest BCUT2D eigenvalue weighted by Gasteiger charge is 1.98. The summed E-state index contributed by atoms with van der Waals surface area (Å²) in [5, 5.41) is 4.71. The van der Waals surface area contributed by atoms with Crippen LogP contribution in [0.1, 0.15) is 5.01 Å². The van der Waals surface area contributed by atoms with E-state index in [1.165, 1.54) is 11.5 Å². The van der Waals surface area contributed by atoms with Crippen molar-refractivity contribution in [1.82, 2.24) is 9.36 Å². The Morgan fingerprint density at radius 2 is 2.58 bits per heavy atom. The first-order valence-corrected chi connectivity index (χ1v) is 5.00. The zero-order valence-corrected chi connectivity index (χ0v) is 7.69. The highest BCUT2D eigenvalue weighted by molar-refractivity contribution is 7.09. The molecule has 12 heavy (non-hydrogen) atoms. The van der Waals surface area contributed by atoms with Crippen LogP contribution in [-0.2, 0) is 6.61 Å². The number of nitrogens with zero attached hydrogens (tertiary/aromatic N) is 2. The Bertz CT molecular complexity index is 283. The Morgan fingerprint density at radius 1 is 1.58 bits per heavy atom. The second-order valence-electron chi connectivity index (χ2n) is 2.01. The molecule has 0 saturated heterocycles. The van der Waals surface area contributed by atoms with E-state index in [1.54, 1.807) is 17.5 Å². The molecule has 0 atom stereocenters. The number of rotatable bonds is 3. The molecule has 0 aliphatic heterocycles. The normalized spacial score (nSPS) is 10.0. The summed E-state index contributed by atoms with van der Waals surface area (Å²) >= 11 is 2.91. The van der Waals surface area contributed by atoms with Gasteiger partial charge in [-0.05, 0) is 11.5 Å². The first-order chi connectivity index (χ1) is 5.95. The number of ether oxygens (including phenoxy) is 1. The second kappa shape index (κ2) is 3.64. The van der Waals surface area contributed by atoms with Gasteiger partial charge in [0, 0.05) is 11.6 Å². The van der Waals surface area contributed by atoms with Gasteiger partial charge in [0.15, 0.2) is 5.75 Å². The maximum atomic E-state index is 5.33. The predicted molar refractivity (Wildman–Crippen MR) is 47.4 cm³/mol. The summed E-state index contributed by atoms with van der Waals surface area (Å²) in [5.74, 6) is 0.690. The van der Waals surface area contributed by atoms with Gasteiger partial charge < -0.3 is 4.74 Å². The maximum Gasteiger partial charge on any atom is 0.160 e. The van der Waals surface area contributed by atoms with E-state index in [0.717, 1.165) is 5.01 Å². The van der Waals surface area contributed by atoms with Crippen LogP contribution in [0.4, 0.5) is 0 Å². The Balaban J connectivity index is 1.91. The lowest BCUT2D eigenvalue weighted by Gasteiger charge is -1.97. The van der Waals surface area contributed by atoms with Crippen molar-refractivity contribution < 1.29 is 4.74 Å². The fourth-order valence-electron chi connectivity index (χ4n) is 0.702. The second-order valence-corrected chi connectivity index (χ2v) is 3.61. The van der Waals surface area contributed by atoms with Gasteiger partial charge in [0.25, 0.3) is 0 Å². The third kappa shape index (κ3) is 1.80. The predicted octanol–water partition coefficient (Wildman–Crippen LogP) is 1.98. The van der Waals surface area contributed by atoms with Crippen molar-refractivity contribution in [3.63, 3.8) is 0 Å². The molecule has 1 radical (unpaired) electrons. The van der Waals surface area contributed by atoms with Gasteiger partial charge in [0.1, 0.15) is 17.8 Å². The largest absolute Gasteiger partial charge is 0.483 e. The van der Waals surface area contributed by atoms with Gasteiger partial charge in [-0.15, -0.1) is 11.3 Å². The van der Waals surface area contributed by atoms with Crippen molar-refractivity contribution in [3.8, 4) is 5.75 Å². The van der Waals surface area contributed by atoms with E-state index in [-0.39, 0.29) is 0 Å². The van der Waals surface area contributed by atoms with Crippen LogP contribution in [0, 0.1) is 6.20 Å². The number of hydrogen-bond acceptors (Lipinski definition) is 5. The van der Waals surface area contributed by atoms with Gasteiger partial charge in [-0.2, -0.15) is 4.37 Å². The smallest absolute Gasteiger partial charge is 0.160 e. The molecule has 0 saturated carbocycles. The summed E-state index contributed by atoms with van der Waals surface area (Å²) < 4.78 is 9.13. The van der Waals surface area contributed by atoms with E-state index in [2.05, 4.69) is 15.6 Å². The molecule has 61 valence electrons. The van der Waals surface area contributed by atoms with E-state index in [1.807, 2.05) is 10.8 Å². The van der Waals surface area contributed by atoms with Crippen LogP contribution in [0.2, 0.25) is 0 Å². The van der Waals surface area contributed by atoms with Gasteiger partial charge in [-0.3, -0.25) is 0 Å². The molecule has 3 nitrogen and oxygen atoms in total. The van der Waals surface area contributed by atoms with E-state index in [9.17, 15) is 0 Å². The molecule has 0 aliphatic rings. The number of hydrogen-bond donors (Lipinski definition) is 0. The summed E-state index contributed by atoms with van der Waals surface area (Å²) in [6.07, 6.45) is 4.49. The van der Waals surface area contributed by atoms with Crippen LogP contribution in [-0.4, -0.2) is 9.36 Å². The lowest BCUT2D eigenvalue weighted by Crippen LogP contribution is -1.92. The van der Waals surface area contributed by atoms with Crippen molar-refractivity contribution in [2.24, 2.45) is 0 Å². The molecule has 0 bridgehead atoms. The minimum absolute atomic E-state index is 0.507. The van der Waals surface area contributed by atoms with Gasteiger partial charge in [-0.1, -0.05) is 0 Å². The molecule has 0 spiro atoms. The fraction of sp³-hybridized carbons (Fsp3) is 0.143. The van der Waals surface area contributed by atoms with Gasteiger partial charge in [0.2, 0.25) is 0 Å². The lowest BCUT2D eigenvalue weighted by atomic mass is 10.6. The Morgan fingerprint density at radius 3 is 3.25 bits per heavy atom. The molecule has 2 aromatic rings. The van der Waals surface area contributed by atoms with E-state index >= 15 is 0 Å². The number of aromatic nitrogens is 2. The molecule has 0 amide bonds. The zero-order valence-electron chi connectivity index (χ0n) is 6.06. The maximum absolute atomic E-state index is 5.33. The topological polar surface area (TPSA) is 35.0 Å². The fourth-order valence-corrected chi connectivity index (χ4v) is 1.64. The molecule has 0 N–H and O–H groups in total. The summed E-state index contributed by atoms with van der Waals surface area (Å²) in [4.78, 5) is 4.08. The zero-order chi connectivity index (χ0) is 8.23. The summed E-state index contributed by atoms with van der Waals surface area (Å²) in [5.41, 5.74) is 0. The first-order valence-electron chi connectivity index (χ1n) is 3.28. The quantitative estimate of drug-likeness (QED) is 0.754. The number of thiazole rings is 1. The van der Waals surface area contributed by atoms with Crippen LogP contribution in [0.5, 0.6) is 5.75 Å². The van der Waals surface area contributed by atoms with Crippen molar-refractivity contribution in [3.05, 3.63) is 28.2 Å². The van der Waals surface area contributed by atoms with Crippen LogP contribution < -0.4 is 4.74 Å².